The van der Waals surface area contributed by atoms with E-state index in [9.17, 15) is 13.2 Å². The smallest absolute Gasteiger partial charge is 0.159 e. The molecule has 0 aromatic heterocycles. The van der Waals surface area contributed by atoms with Crippen LogP contribution in [0.1, 0.15) is 0 Å². The highest BCUT2D eigenvalue weighted by Gasteiger charge is 2.09. The summed E-state index contributed by atoms with van der Waals surface area (Å²) in [7, 11) is 0. The predicted molar refractivity (Wildman–Crippen MR) is 74.0 cm³/mol. The molecule has 2 aromatic carbocycles. The van der Waals surface area contributed by atoms with Gasteiger partial charge in [-0.1, -0.05) is 11.8 Å². The first-order chi connectivity index (χ1) is 8.47. The van der Waals surface area contributed by atoms with Gasteiger partial charge in [-0.15, -0.1) is 0 Å². The van der Waals surface area contributed by atoms with Crippen LogP contribution < -0.4 is 5.73 Å². The highest BCUT2D eigenvalue weighted by atomic mass is 127. The van der Waals surface area contributed by atoms with Gasteiger partial charge < -0.3 is 5.73 Å². The minimum absolute atomic E-state index is 0.394. The highest BCUT2D eigenvalue weighted by molar-refractivity contribution is 14.1. The summed E-state index contributed by atoms with van der Waals surface area (Å²) in [5.74, 6) is -2.25. The van der Waals surface area contributed by atoms with Crippen molar-refractivity contribution in [3.63, 3.8) is 0 Å². The molecule has 2 rings (SSSR count). The molecule has 0 aliphatic heterocycles. The number of hydrogen-bond donors (Lipinski definition) is 1. The quantitative estimate of drug-likeness (QED) is 0.615. The largest absolute Gasteiger partial charge is 0.398 e. The molecule has 0 unspecified atom stereocenters. The Hall–Kier alpha value is -0.890. The molecule has 6 heteroatoms. The van der Waals surface area contributed by atoms with Gasteiger partial charge >= 0.3 is 0 Å². The Morgan fingerprint density at radius 3 is 2.33 bits per heavy atom. The van der Waals surface area contributed by atoms with Gasteiger partial charge in [-0.05, 0) is 52.9 Å². The summed E-state index contributed by atoms with van der Waals surface area (Å²) in [5.41, 5.74) is 6.14. The molecule has 0 radical (unpaired) electrons. The molecule has 0 spiro atoms. The zero-order chi connectivity index (χ0) is 13.3. The van der Waals surface area contributed by atoms with E-state index in [1.807, 2.05) is 22.6 Å². The summed E-state index contributed by atoms with van der Waals surface area (Å²) < 4.78 is 39.6. The summed E-state index contributed by atoms with van der Waals surface area (Å²) in [6.07, 6.45) is 0. The Labute approximate surface area is 120 Å². The Bertz CT molecular complexity index is 604. The summed E-state index contributed by atoms with van der Waals surface area (Å²) in [4.78, 5) is 0.931. The van der Waals surface area contributed by atoms with Crippen molar-refractivity contribution in [1.29, 1.82) is 0 Å². The average Bonchev–Trinajstić information content (AvgIpc) is 2.31. The molecular weight excluding hydrogens is 374 g/mol. The van der Waals surface area contributed by atoms with Crippen LogP contribution in [-0.4, -0.2) is 0 Å². The number of benzene rings is 2. The number of nitrogen functional groups attached to an aromatic ring is 1. The molecule has 0 amide bonds. The molecule has 0 bridgehead atoms. The van der Waals surface area contributed by atoms with Gasteiger partial charge in [-0.3, -0.25) is 0 Å². The first-order valence-corrected chi connectivity index (χ1v) is 6.74. The van der Waals surface area contributed by atoms with Gasteiger partial charge in [0.1, 0.15) is 5.82 Å². The van der Waals surface area contributed by atoms with E-state index in [1.165, 1.54) is 18.2 Å². The van der Waals surface area contributed by atoms with Crippen molar-refractivity contribution in [2.45, 2.75) is 9.79 Å². The maximum Gasteiger partial charge on any atom is 0.159 e. The molecule has 2 N–H and O–H groups in total. The third kappa shape index (κ3) is 2.92. The van der Waals surface area contributed by atoms with Crippen molar-refractivity contribution in [3.8, 4) is 0 Å². The normalized spacial score (nSPS) is 10.7. The molecule has 94 valence electrons. The van der Waals surface area contributed by atoms with E-state index < -0.39 is 17.5 Å². The zero-order valence-corrected chi connectivity index (χ0v) is 11.9. The third-order valence-corrected chi connectivity index (χ3v) is 4.06. The lowest BCUT2D eigenvalue weighted by molar-refractivity contribution is 0.506. The van der Waals surface area contributed by atoms with E-state index in [2.05, 4.69) is 0 Å². The summed E-state index contributed by atoms with van der Waals surface area (Å²) in [5, 5.41) is 0. The molecule has 0 saturated heterocycles. The fraction of sp³-hybridized carbons (Fsp3) is 0. The third-order valence-electron chi connectivity index (χ3n) is 2.17. The first kappa shape index (κ1) is 13.5. The molecule has 18 heavy (non-hydrogen) atoms. The Morgan fingerprint density at radius 1 is 0.944 bits per heavy atom. The van der Waals surface area contributed by atoms with E-state index in [0.717, 1.165) is 23.9 Å². The summed E-state index contributed by atoms with van der Waals surface area (Å²) in [6.45, 7) is 0. The van der Waals surface area contributed by atoms with Gasteiger partial charge in [-0.2, -0.15) is 0 Å². The number of anilines is 1. The SMILES string of the molecule is Nc1cc(I)c(F)cc1Sc1ccc(F)c(F)c1. The number of halogens is 4. The van der Waals surface area contributed by atoms with Crippen molar-refractivity contribution in [2.24, 2.45) is 0 Å². The fourth-order valence-corrected chi connectivity index (χ4v) is 2.68. The molecule has 2 aromatic rings. The predicted octanol–water partition coefficient (Wildman–Crippen LogP) is 4.44. The lowest BCUT2D eigenvalue weighted by Crippen LogP contribution is -1.93. The first-order valence-electron chi connectivity index (χ1n) is 4.85. The molecule has 0 aliphatic rings. The summed E-state index contributed by atoms with van der Waals surface area (Å²) >= 11 is 2.92. The van der Waals surface area contributed by atoms with E-state index in [4.69, 9.17) is 5.73 Å². The molecule has 0 saturated carbocycles. The lowest BCUT2D eigenvalue weighted by atomic mass is 10.3. The Kier molecular flexibility index (Phi) is 4.06. The van der Waals surface area contributed by atoms with Gasteiger partial charge in [0.05, 0.1) is 3.57 Å². The molecular formula is C12H7F3INS. The maximum absolute atomic E-state index is 13.4. The Morgan fingerprint density at radius 2 is 1.67 bits per heavy atom. The van der Waals surface area contributed by atoms with Crippen molar-refractivity contribution in [3.05, 3.63) is 51.4 Å². The topological polar surface area (TPSA) is 26.0 Å². The van der Waals surface area contributed by atoms with E-state index in [-0.39, 0.29) is 0 Å². The van der Waals surface area contributed by atoms with Crippen LogP contribution in [0, 0.1) is 21.0 Å². The van der Waals surface area contributed by atoms with E-state index in [1.54, 1.807) is 0 Å². The average molecular weight is 381 g/mol. The molecule has 0 aliphatic carbocycles. The van der Waals surface area contributed by atoms with Crippen LogP contribution in [0.4, 0.5) is 18.9 Å². The zero-order valence-electron chi connectivity index (χ0n) is 8.88. The second kappa shape index (κ2) is 5.40. The van der Waals surface area contributed by atoms with Gasteiger partial charge in [0, 0.05) is 15.5 Å². The highest BCUT2D eigenvalue weighted by Crippen LogP contribution is 2.34. The van der Waals surface area contributed by atoms with Crippen LogP contribution in [-0.2, 0) is 0 Å². The van der Waals surface area contributed by atoms with Gasteiger partial charge in [-0.25, -0.2) is 13.2 Å². The van der Waals surface area contributed by atoms with E-state index in [0.29, 0.717) is 19.0 Å². The standard InChI is InChI=1S/C12H7F3INS/c13-7-2-1-6(3-8(7)14)18-12-4-9(15)10(16)5-11(12)17/h1-5H,17H2. The monoisotopic (exact) mass is 381 g/mol. The number of rotatable bonds is 2. The minimum Gasteiger partial charge on any atom is -0.398 e. The molecule has 0 atom stereocenters. The van der Waals surface area contributed by atoms with Crippen LogP contribution in [0.5, 0.6) is 0 Å². The number of nitrogens with two attached hydrogens (primary N) is 1. The van der Waals surface area contributed by atoms with Crippen LogP contribution >= 0.6 is 34.4 Å². The van der Waals surface area contributed by atoms with Crippen LogP contribution in [0.3, 0.4) is 0 Å². The summed E-state index contributed by atoms with van der Waals surface area (Å²) in [6, 6.07) is 6.27. The molecule has 1 nitrogen and oxygen atoms in total. The van der Waals surface area contributed by atoms with Crippen molar-refractivity contribution in [1.82, 2.24) is 0 Å². The van der Waals surface area contributed by atoms with Crippen molar-refractivity contribution in [2.75, 3.05) is 5.73 Å². The van der Waals surface area contributed by atoms with Gasteiger partial charge in [0.25, 0.3) is 0 Å². The van der Waals surface area contributed by atoms with E-state index >= 15 is 0 Å². The Balaban J connectivity index is 2.34. The van der Waals surface area contributed by atoms with Crippen LogP contribution in [0.15, 0.2) is 40.1 Å². The fourth-order valence-electron chi connectivity index (χ4n) is 1.30. The van der Waals surface area contributed by atoms with Crippen LogP contribution in [0.2, 0.25) is 0 Å². The molecule has 0 fully saturated rings. The van der Waals surface area contributed by atoms with Crippen LogP contribution in [0.25, 0.3) is 0 Å². The second-order valence-electron chi connectivity index (χ2n) is 3.48. The minimum atomic E-state index is -0.940. The molecule has 0 heterocycles. The maximum atomic E-state index is 13.4. The van der Waals surface area contributed by atoms with Gasteiger partial charge in [0.15, 0.2) is 11.6 Å². The van der Waals surface area contributed by atoms with Crippen molar-refractivity contribution >= 4 is 40.0 Å². The second-order valence-corrected chi connectivity index (χ2v) is 5.76. The number of hydrogen-bond acceptors (Lipinski definition) is 2. The van der Waals surface area contributed by atoms with Gasteiger partial charge in [0.2, 0.25) is 0 Å². The lowest BCUT2D eigenvalue weighted by Gasteiger charge is -2.07. The van der Waals surface area contributed by atoms with Crippen molar-refractivity contribution < 1.29 is 13.2 Å².